The van der Waals surface area contributed by atoms with Gasteiger partial charge in [-0.2, -0.15) is 11.8 Å². The molecule has 1 aliphatic rings. The van der Waals surface area contributed by atoms with Crippen molar-refractivity contribution in [3.8, 4) is 0 Å². The Morgan fingerprint density at radius 3 is 3.00 bits per heavy atom. The molecule has 0 spiro atoms. The highest BCUT2D eigenvalue weighted by Gasteiger charge is 2.28. The van der Waals surface area contributed by atoms with E-state index in [0.717, 1.165) is 13.1 Å². The lowest BCUT2D eigenvalue weighted by Gasteiger charge is -2.22. The maximum atomic E-state index is 11.7. The zero-order valence-electron chi connectivity index (χ0n) is 7.74. The van der Waals surface area contributed by atoms with Crippen LogP contribution in [0.2, 0.25) is 0 Å². The monoisotopic (exact) mass is 191 g/mol. The first-order chi connectivity index (χ1) is 5.77. The Morgan fingerprint density at radius 1 is 1.58 bits per heavy atom. The van der Waals surface area contributed by atoms with Crippen molar-refractivity contribution in [1.29, 1.82) is 0 Å². The molecule has 1 N–H and O–H groups in total. The van der Waals surface area contributed by atoms with Gasteiger partial charge >= 0.3 is 0 Å². The molecule has 0 radical (unpaired) electrons. The lowest BCUT2D eigenvalue weighted by molar-refractivity contribution is 0.448. The Balaban J connectivity index is 2.05. The molecule has 12 heavy (non-hydrogen) atoms. The van der Waals surface area contributed by atoms with Gasteiger partial charge in [-0.05, 0) is 38.5 Å². The molecule has 0 aromatic rings. The van der Waals surface area contributed by atoms with Crippen molar-refractivity contribution in [3.63, 3.8) is 0 Å². The molecule has 1 fully saturated rings. The molecule has 0 amide bonds. The fourth-order valence-corrected chi connectivity index (χ4v) is 2.80. The van der Waals surface area contributed by atoms with Gasteiger partial charge in [-0.3, -0.25) is 4.39 Å². The van der Waals surface area contributed by atoms with E-state index in [9.17, 15) is 4.39 Å². The average Bonchev–Trinajstić information content (AvgIpc) is 2.47. The van der Waals surface area contributed by atoms with Crippen LogP contribution in [-0.2, 0) is 0 Å². The van der Waals surface area contributed by atoms with Crippen LogP contribution in [0, 0.1) is 0 Å². The van der Waals surface area contributed by atoms with Crippen LogP contribution in [0.25, 0.3) is 0 Å². The molecule has 1 atom stereocenters. The SMILES string of the molecule is CC1(CNCCCF)CCCS1. The summed E-state index contributed by atoms with van der Waals surface area (Å²) >= 11 is 2.05. The summed E-state index contributed by atoms with van der Waals surface area (Å²) in [5.74, 6) is 1.29. The van der Waals surface area contributed by atoms with Crippen molar-refractivity contribution in [1.82, 2.24) is 5.32 Å². The van der Waals surface area contributed by atoms with Crippen LogP contribution in [-0.4, -0.2) is 30.3 Å². The van der Waals surface area contributed by atoms with Gasteiger partial charge in [0.15, 0.2) is 0 Å². The maximum absolute atomic E-state index is 11.7. The number of alkyl halides is 1. The topological polar surface area (TPSA) is 12.0 Å². The van der Waals surface area contributed by atoms with Crippen LogP contribution in [0.5, 0.6) is 0 Å². The first-order valence-electron chi connectivity index (χ1n) is 4.67. The molecule has 0 aliphatic carbocycles. The van der Waals surface area contributed by atoms with E-state index in [1.165, 1.54) is 18.6 Å². The summed E-state index contributed by atoms with van der Waals surface area (Å²) < 4.78 is 12.2. The van der Waals surface area contributed by atoms with Crippen LogP contribution in [0.1, 0.15) is 26.2 Å². The highest BCUT2D eigenvalue weighted by atomic mass is 32.2. The lowest BCUT2D eigenvalue weighted by Crippen LogP contribution is -2.33. The molecule has 72 valence electrons. The normalized spacial score (nSPS) is 29.5. The minimum absolute atomic E-state index is 0.198. The van der Waals surface area contributed by atoms with Crippen molar-refractivity contribution in [2.75, 3.05) is 25.5 Å². The first kappa shape index (κ1) is 10.3. The third kappa shape index (κ3) is 3.31. The van der Waals surface area contributed by atoms with E-state index in [1.54, 1.807) is 0 Å². The van der Waals surface area contributed by atoms with Gasteiger partial charge in [-0.15, -0.1) is 0 Å². The zero-order valence-corrected chi connectivity index (χ0v) is 8.55. The summed E-state index contributed by atoms with van der Waals surface area (Å²) in [6, 6.07) is 0. The van der Waals surface area contributed by atoms with Crippen molar-refractivity contribution in [2.45, 2.75) is 30.9 Å². The van der Waals surface area contributed by atoms with Gasteiger partial charge in [0.25, 0.3) is 0 Å². The van der Waals surface area contributed by atoms with E-state index in [0.29, 0.717) is 11.2 Å². The highest BCUT2D eigenvalue weighted by molar-refractivity contribution is 8.00. The Hall–Kier alpha value is 0.240. The molecule has 0 aromatic carbocycles. The summed E-state index contributed by atoms with van der Waals surface area (Å²) in [4.78, 5) is 0. The number of rotatable bonds is 5. The second-order valence-corrected chi connectivity index (χ2v) is 5.30. The Bertz CT molecular complexity index is 124. The van der Waals surface area contributed by atoms with E-state index in [2.05, 4.69) is 12.2 Å². The van der Waals surface area contributed by atoms with Crippen LogP contribution in [0.4, 0.5) is 4.39 Å². The van der Waals surface area contributed by atoms with Crippen molar-refractivity contribution >= 4 is 11.8 Å². The molecule has 1 nitrogen and oxygen atoms in total. The fourth-order valence-electron chi connectivity index (χ4n) is 1.52. The third-order valence-electron chi connectivity index (χ3n) is 2.29. The Kier molecular flexibility index (Phi) is 4.36. The Morgan fingerprint density at radius 2 is 2.42 bits per heavy atom. The standard InChI is InChI=1S/C9H18FNS/c1-9(4-2-7-12-9)8-11-6-3-5-10/h11H,2-8H2,1H3. The largest absolute Gasteiger partial charge is 0.315 e. The smallest absolute Gasteiger partial charge is 0.0906 e. The molecule has 1 rings (SSSR count). The quantitative estimate of drug-likeness (QED) is 0.669. The maximum Gasteiger partial charge on any atom is 0.0906 e. The predicted molar refractivity (Wildman–Crippen MR) is 53.6 cm³/mol. The number of nitrogens with one attached hydrogen (secondary N) is 1. The van der Waals surface area contributed by atoms with E-state index in [-0.39, 0.29) is 6.67 Å². The van der Waals surface area contributed by atoms with Crippen LogP contribution in [0.3, 0.4) is 0 Å². The summed E-state index contributed by atoms with van der Waals surface area (Å²) in [6.45, 7) is 3.97. The van der Waals surface area contributed by atoms with Gasteiger partial charge in [0.1, 0.15) is 0 Å². The van der Waals surface area contributed by atoms with Crippen LogP contribution < -0.4 is 5.32 Å². The van der Waals surface area contributed by atoms with Crippen molar-refractivity contribution in [3.05, 3.63) is 0 Å². The van der Waals surface area contributed by atoms with Gasteiger partial charge in [0.2, 0.25) is 0 Å². The average molecular weight is 191 g/mol. The van der Waals surface area contributed by atoms with Gasteiger partial charge in [-0.1, -0.05) is 0 Å². The predicted octanol–water partition coefficient (Wildman–Crippen LogP) is 2.22. The molecule has 3 heteroatoms. The van der Waals surface area contributed by atoms with Crippen LogP contribution in [0.15, 0.2) is 0 Å². The number of hydrogen-bond acceptors (Lipinski definition) is 2. The van der Waals surface area contributed by atoms with Gasteiger partial charge in [0, 0.05) is 11.3 Å². The molecular formula is C9H18FNS. The molecule has 0 saturated carbocycles. The van der Waals surface area contributed by atoms with Crippen molar-refractivity contribution in [2.24, 2.45) is 0 Å². The summed E-state index contributed by atoms with van der Waals surface area (Å²) in [5, 5.41) is 3.31. The molecule has 0 aromatic heterocycles. The van der Waals surface area contributed by atoms with Gasteiger partial charge in [0.05, 0.1) is 6.67 Å². The minimum Gasteiger partial charge on any atom is -0.315 e. The minimum atomic E-state index is -0.198. The number of thioether (sulfide) groups is 1. The zero-order chi connectivity index (χ0) is 8.86. The summed E-state index contributed by atoms with van der Waals surface area (Å²) in [5.41, 5.74) is 0. The second-order valence-electron chi connectivity index (χ2n) is 3.62. The van der Waals surface area contributed by atoms with Crippen molar-refractivity contribution < 1.29 is 4.39 Å². The summed E-state index contributed by atoms with van der Waals surface area (Å²) in [7, 11) is 0. The molecule has 1 unspecified atom stereocenters. The van der Waals surface area contributed by atoms with Gasteiger partial charge in [-0.25, -0.2) is 0 Å². The number of hydrogen-bond donors (Lipinski definition) is 1. The highest BCUT2D eigenvalue weighted by Crippen LogP contribution is 2.36. The second kappa shape index (κ2) is 5.07. The van der Waals surface area contributed by atoms with E-state index >= 15 is 0 Å². The van der Waals surface area contributed by atoms with Crippen LogP contribution >= 0.6 is 11.8 Å². The lowest BCUT2D eigenvalue weighted by atomic mass is 10.1. The van der Waals surface area contributed by atoms with E-state index in [4.69, 9.17) is 0 Å². The molecular weight excluding hydrogens is 173 g/mol. The van der Waals surface area contributed by atoms with E-state index in [1.807, 2.05) is 11.8 Å². The molecule has 1 aliphatic heterocycles. The molecule has 1 heterocycles. The number of halogens is 1. The third-order valence-corrected chi connectivity index (χ3v) is 3.82. The van der Waals surface area contributed by atoms with E-state index < -0.39 is 0 Å². The fraction of sp³-hybridized carbons (Fsp3) is 1.00. The first-order valence-corrected chi connectivity index (χ1v) is 5.66. The molecule has 1 saturated heterocycles. The van der Waals surface area contributed by atoms with Gasteiger partial charge < -0.3 is 5.32 Å². The molecule has 0 bridgehead atoms. The Labute approximate surface area is 78.5 Å². The summed E-state index contributed by atoms with van der Waals surface area (Å²) in [6.07, 6.45) is 3.30.